The van der Waals surface area contributed by atoms with Crippen molar-refractivity contribution in [2.24, 2.45) is 13.0 Å². The minimum absolute atomic E-state index is 0.496. The van der Waals surface area contributed by atoms with Gasteiger partial charge < -0.3 is 0 Å². The lowest BCUT2D eigenvalue weighted by Gasteiger charge is -2.16. The summed E-state index contributed by atoms with van der Waals surface area (Å²) in [6.07, 6.45) is 5.49. The van der Waals surface area contributed by atoms with E-state index < -0.39 is 0 Å². The molecule has 0 fully saturated rings. The van der Waals surface area contributed by atoms with Crippen molar-refractivity contribution in [3.8, 4) is 11.3 Å². The smallest absolute Gasteiger partial charge is 0.235 e. The van der Waals surface area contributed by atoms with Crippen LogP contribution >= 0.6 is 23.5 Å². The zero-order valence-corrected chi connectivity index (χ0v) is 17.6. The fourth-order valence-corrected chi connectivity index (χ4v) is 3.87. The van der Waals surface area contributed by atoms with Gasteiger partial charge in [0, 0.05) is 24.4 Å². The molecule has 0 aliphatic rings. The summed E-state index contributed by atoms with van der Waals surface area (Å²) in [4.78, 5) is 10.2. The molecule has 3 aromatic rings. The van der Waals surface area contributed by atoms with Crippen LogP contribution in [0.3, 0.4) is 0 Å². The van der Waals surface area contributed by atoms with Gasteiger partial charge in [-0.05, 0) is 36.3 Å². The third kappa shape index (κ3) is 4.82. The van der Waals surface area contributed by atoms with E-state index in [0.29, 0.717) is 17.0 Å². The van der Waals surface area contributed by atoms with Crippen LogP contribution in [0.1, 0.15) is 31.9 Å². The number of nitrogens with zero attached hydrogens (tertiary/aromatic N) is 4. The molecule has 0 aliphatic carbocycles. The molecule has 0 saturated heterocycles. The summed E-state index contributed by atoms with van der Waals surface area (Å²) in [5.41, 5.74) is 4.29. The van der Waals surface area contributed by atoms with Crippen LogP contribution < -0.4 is 4.72 Å². The highest BCUT2D eigenvalue weighted by atomic mass is 35.5. The fraction of sp³-hybridized carbons (Fsp3) is 0.350. The molecule has 5 nitrogen and oxygen atoms in total. The van der Waals surface area contributed by atoms with E-state index in [4.69, 9.17) is 16.6 Å². The number of hydrogen-bond donors (Lipinski definition) is 1. The normalized spacial score (nSPS) is 11.2. The summed E-state index contributed by atoms with van der Waals surface area (Å²) >= 11 is 7.93. The lowest BCUT2D eigenvalue weighted by atomic mass is 9.94. The zero-order valence-electron chi connectivity index (χ0n) is 16.0. The molecule has 0 unspecified atom stereocenters. The van der Waals surface area contributed by atoms with Crippen LogP contribution in [0, 0.1) is 5.92 Å². The van der Waals surface area contributed by atoms with Crippen molar-refractivity contribution in [1.82, 2.24) is 19.7 Å². The molecular formula is C20H24ClN5S. The topological polar surface area (TPSA) is 55.6 Å². The molecule has 0 amide bonds. The second-order valence-corrected chi connectivity index (χ2v) is 8.07. The molecule has 2 aromatic heterocycles. The molecule has 2 heterocycles. The van der Waals surface area contributed by atoms with E-state index in [0.717, 1.165) is 34.6 Å². The van der Waals surface area contributed by atoms with Gasteiger partial charge >= 0.3 is 0 Å². The quantitative estimate of drug-likeness (QED) is 0.423. The van der Waals surface area contributed by atoms with Gasteiger partial charge in [0.15, 0.2) is 0 Å². The number of halogens is 1. The Bertz CT molecular complexity index is 922. The van der Waals surface area contributed by atoms with Gasteiger partial charge in [0.05, 0.1) is 16.8 Å². The number of rotatable bonds is 7. The molecule has 0 saturated carbocycles. The number of aryl methyl sites for hydroxylation is 1. The van der Waals surface area contributed by atoms with E-state index in [1.807, 2.05) is 19.3 Å². The van der Waals surface area contributed by atoms with Gasteiger partial charge in [-0.2, -0.15) is 5.10 Å². The van der Waals surface area contributed by atoms with Crippen molar-refractivity contribution in [3.05, 3.63) is 52.9 Å². The molecule has 7 heteroatoms. The number of hydrogen-bond acceptors (Lipinski definition) is 5. The predicted octanol–water partition coefficient (Wildman–Crippen LogP) is 5.41. The number of aromatic nitrogens is 4. The highest BCUT2D eigenvalue weighted by molar-refractivity contribution is 8.00. The average Bonchev–Trinajstić information content (AvgIpc) is 3.05. The monoisotopic (exact) mass is 401 g/mol. The Morgan fingerprint density at radius 3 is 2.67 bits per heavy atom. The van der Waals surface area contributed by atoms with Crippen molar-refractivity contribution in [2.75, 3.05) is 4.72 Å². The Kier molecular flexibility index (Phi) is 6.39. The van der Waals surface area contributed by atoms with E-state index in [-0.39, 0.29) is 0 Å². The van der Waals surface area contributed by atoms with Crippen molar-refractivity contribution in [1.29, 1.82) is 0 Å². The zero-order chi connectivity index (χ0) is 19.4. The van der Waals surface area contributed by atoms with Crippen LogP contribution in [0.5, 0.6) is 0 Å². The van der Waals surface area contributed by atoms with E-state index in [2.05, 4.69) is 53.8 Å². The molecule has 0 bridgehead atoms. The Morgan fingerprint density at radius 2 is 2.00 bits per heavy atom. The standard InChI is InChI=1S/C20H24ClN5S/c1-5-16-18(17-9-7-6-8-14(17)10-13(2)3)23-20(24-19(16)21)25-27-15-11-22-26(4)12-15/h6-9,11-13H,5,10H2,1-4H3,(H,23,24,25). The second-order valence-electron chi connectivity index (χ2n) is 6.83. The average molecular weight is 402 g/mol. The fourth-order valence-electron chi connectivity index (χ4n) is 2.96. The van der Waals surface area contributed by atoms with Crippen molar-refractivity contribution in [2.45, 2.75) is 38.5 Å². The number of nitrogens with one attached hydrogen (secondary N) is 1. The first-order chi connectivity index (χ1) is 13.0. The molecule has 142 valence electrons. The van der Waals surface area contributed by atoms with Crippen LogP contribution in [-0.4, -0.2) is 19.7 Å². The minimum Gasteiger partial charge on any atom is -0.294 e. The maximum Gasteiger partial charge on any atom is 0.235 e. The van der Waals surface area contributed by atoms with Crippen LogP contribution in [0.25, 0.3) is 11.3 Å². The molecule has 1 N–H and O–H groups in total. The molecule has 27 heavy (non-hydrogen) atoms. The van der Waals surface area contributed by atoms with Gasteiger partial charge in [-0.15, -0.1) is 0 Å². The highest BCUT2D eigenvalue weighted by Gasteiger charge is 2.17. The van der Waals surface area contributed by atoms with Crippen molar-refractivity contribution in [3.63, 3.8) is 0 Å². The Morgan fingerprint density at radius 1 is 1.22 bits per heavy atom. The van der Waals surface area contributed by atoms with Crippen LogP contribution in [0.2, 0.25) is 5.15 Å². The molecule has 0 spiro atoms. The minimum atomic E-state index is 0.496. The van der Waals surface area contributed by atoms with E-state index >= 15 is 0 Å². The molecule has 0 atom stereocenters. The van der Waals surface area contributed by atoms with Gasteiger partial charge in [0.25, 0.3) is 0 Å². The van der Waals surface area contributed by atoms with E-state index in [1.54, 1.807) is 10.9 Å². The number of anilines is 1. The van der Waals surface area contributed by atoms with Gasteiger partial charge in [-0.3, -0.25) is 9.40 Å². The van der Waals surface area contributed by atoms with E-state index in [9.17, 15) is 0 Å². The summed E-state index contributed by atoms with van der Waals surface area (Å²) in [6, 6.07) is 8.41. The first kappa shape index (κ1) is 19.7. The SMILES string of the molecule is CCc1c(Cl)nc(NSc2cnn(C)c2)nc1-c1ccccc1CC(C)C. The third-order valence-electron chi connectivity index (χ3n) is 4.15. The summed E-state index contributed by atoms with van der Waals surface area (Å²) in [5, 5.41) is 4.66. The maximum absolute atomic E-state index is 6.51. The van der Waals surface area contributed by atoms with E-state index in [1.165, 1.54) is 17.5 Å². The molecule has 0 aliphatic heterocycles. The largest absolute Gasteiger partial charge is 0.294 e. The van der Waals surface area contributed by atoms with Crippen molar-refractivity contribution < 1.29 is 0 Å². The lowest BCUT2D eigenvalue weighted by molar-refractivity contribution is 0.648. The van der Waals surface area contributed by atoms with Crippen LogP contribution in [-0.2, 0) is 19.9 Å². The van der Waals surface area contributed by atoms with Gasteiger partial charge in [0.2, 0.25) is 5.95 Å². The van der Waals surface area contributed by atoms with Gasteiger partial charge in [-0.1, -0.05) is 56.6 Å². The Hall–Kier alpha value is -2.05. The highest BCUT2D eigenvalue weighted by Crippen LogP contribution is 2.32. The first-order valence-electron chi connectivity index (χ1n) is 9.04. The Labute approximate surface area is 169 Å². The first-order valence-corrected chi connectivity index (χ1v) is 10.2. The molecule has 3 rings (SSSR count). The van der Waals surface area contributed by atoms with Crippen LogP contribution in [0.15, 0.2) is 41.6 Å². The predicted molar refractivity (Wildman–Crippen MR) is 113 cm³/mol. The molecule has 0 radical (unpaired) electrons. The summed E-state index contributed by atoms with van der Waals surface area (Å²) < 4.78 is 4.95. The maximum atomic E-state index is 6.51. The second kappa shape index (κ2) is 8.76. The Balaban J connectivity index is 1.98. The van der Waals surface area contributed by atoms with Gasteiger partial charge in [-0.25, -0.2) is 9.97 Å². The molecular weight excluding hydrogens is 378 g/mol. The van der Waals surface area contributed by atoms with Crippen molar-refractivity contribution >= 4 is 29.5 Å². The lowest BCUT2D eigenvalue weighted by Crippen LogP contribution is -2.04. The summed E-state index contributed by atoms with van der Waals surface area (Å²) in [5.74, 6) is 1.06. The van der Waals surface area contributed by atoms with Gasteiger partial charge in [0.1, 0.15) is 5.15 Å². The molecule has 1 aromatic carbocycles. The summed E-state index contributed by atoms with van der Waals surface area (Å²) in [7, 11) is 1.89. The number of benzene rings is 1. The summed E-state index contributed by atoms with van der Waals surface area (Å²) in [6.45, 7) is 6.53. The van der Waals surface area contributed by atoms with Crippen LogP contribution in [0.4, 0.5) is 5.95 Å². The third-order valence-corrected chi connectivity index (χ3v) is 5.20.